The topological polar surface area (TPSA) is 21.3 Å². The van der Waals surface area contributed by atoms with E-state index in [1.807, 2.05) is 0 Å². The van der Waals surface area contributed by atoms with Crippen LogP contribution in [-0.4, -0.2) is 24.3 Å². The van der Waals surface area contributed by atoms with Crippen LogP contribution in [0.1, 0.15) is 64.2 Å². The molecule has 8 unspecified atom stereocenters. The molecular formula is C18H29NO. The summed E-state index contributed by atoms with van der Waals surface area (Å²) in [5, 5.41) is 4.01. The van der Waals surface area contributed by atoms with E-state index in [1.54, 1.807) is 0 Å². The van der Waals surface area contributed by atoms with Crippen molar-refractivity contribution in [1.29, 1.82) is 0 Å². The molecule has 5 aliphatic rings. The summed E-state index contributed by atoms with van der Waals surface area (Å²) in [6.45, 7) is 0. The SMILES string of the molecule is C1CCC2C(C1)NC1CCC3C4CCCCC4OC3C12. The van der Waals surface area contributed by atoms with Crippen molar-refractivity contribution in [2.45, 2.75) is 88.5 Å². The molecule has 0 aromatic heterocycles. The molecule has 0 bridgehead atoms. The first kappa shape index (κ1) is 12.5. The third-order valence-electron chi connectivity index (χ3n) is 7.45. The smallest absolute Gasteiger partial charge is 0.0657 e. The first-order valence-corrected chi connectivity index (χ1v) is 9.33. The highest BCUT2D eigenvalue weighted by Gasteiger charge is 2.57. The van der Waals surface area contributed by atoms with Gasteiger partial charge in [-0.05, 0) is 56.3 Å². The minimum Gasteiger partial charge on any atom is -0.374 e. The van der Waals surface area contributed by atoms with Gasteiger partial charge in [-0.15, -0.1) is 0 Å². The van der Waals surface area contributed by atoms with Gasteiger partial charge < -0.3 is 10.1 Å². The van der Waals surface area contributed by atoms with Gasteiger partial charge in [0.2, 0.25) is 0 Å². The summed E-state index contributed by atoms with van der Waals surface area (Å²) < 4.78 is 6.69. The fraction of sp³-hybridized carbons (Fsp3) is 1.00. The van der Waals surface area contributed by atoms with E-state index < -0.39 is 0 Å². The Morgan fingerprint density at radius 2 is 1.45 bits per heavy atom. The van der Waals surface area contributed by atoms with Crippen molar-refractivity contribution in [2.24, 2.45) is 23.7 Å². The lowest BCUT2D eigenvalue weighted by Gasteiger charge is -2.39. The molecule has 2 saturated heterocycles. The van der Waals surface area contributed by atoms with Crippen LogP contribution in [0.15, 0.2) is 0 Å². The van der Waals surface area contributed by atoms with Gasteiger partial charge in [0.1, 0.15) is 0 Å². The third kappa shape index (κ3) is 1.70. The maximum atomic E-state index is 6.69. The molecule has 2 aliphatic heterocycles. The normalized spacial score (nSPS) is 57.6. The average molecular weight is 275 g/mol. The minimum absolute atomic E-state index is 0.627. The van der Waals surface area contributed by atoms with Crippen molar-refractivity contribution >= 4 is 0 Å². The molecule has 20 heavy (non-hydrogen) atoms. The molecule has 5 rings (SSSR count). The van der Waals surface area contributed by atoms with Gasteiger partial charge >= 0.3 is 0 Å². The van der Waals surface area contributed by atoms with Crippen molar-refractivity contribution in [1.82, 2.24) is 5.32 Å². The Hall–Kier alpha value is -0.0800. The summed E-state index contributed by atoms with van der Waals surface area (Å²) in [6.07, 6.45) is 15.7. The monoisotopic (exact) mass is 275 g/mol. The second-order valence-corrected chi connectivity index (χ2v) is 8.23. The Morgan fingerprint density at radius 1 is 0.650 bits per heavy atom. The lowest BCUT2D eigenvalue weighted by atomic mass is 9.65. The van der Waals surface area contributed by atoms with Gasteiger partial charge in [-0.3, -0.25) is 0 Å². The number of nitrogens with one attached hydrogen (secondary N) is 1. The zero-order valence-corrected chi connectivity index (χ0v) is 12.6. The zero-order chi connectivity index (χ0) is 13.1. The molecule has 0 spiro atoms. The molecule has 1 N–H and O–H groups in total. The van der Waals surface area contributed by atoms with E-state index in [2.05, 4.69) is 5.32 Å². The molecule has 2 nitrogen and oxygen atoms in total. The molecule has 0 radical (unpaired) electrons. The van der Waals surface area contributed by atoms with E-state index in [1.165, 1.54) is 64.2 Å². The van der Waals surface area contributed by atoms with Gasteiger partial charge in [0.25, 0.3) is 0 Å². The third-order valence-corrected chi connectivity index (χ3v) is 7.45. The van der Waals surface area contributed by atoms with Gasteiger partial charge in [-0.25, -0.2) is 0 Å². The van der Waals surface area contributed by atoms with Crippen LogP contribution in [0.3, 0.4) is 0 Å². The van der Waals surface area contributed by atoms with Crippen molar-refractivity contribution in [3.05, 3.63) is 0 Å². The van der Waals surface area contributed by atoms with E-state index in [9.17, 15) is 0 Å². The highest BCUT2D eigenvalue weighted by atomic mass is 16.5. The van der Waals surface area contributed by atoms with E-state index in [0.29, 0.717) is 12.2 Å². The molecular weight excluding hydrogens is 246 g/mol. The molecule has 8 atom stereocenters. The molecule has 2 heteroatoms. The first-order chi connectivity index (χ1) is 9.92. The number of hydrogen-bond acceptors (Lipinski definition) is 2. The van der Waals surface area contributed by atoms with Crippen LogP contribution in [0.5, 0.6) is 0 Å². The summed E-state index contributed by atoms with van der Waals surface area (Å²) in [4.78, 5) is 0. The summed E-state index contributed by atoms with van der Waals surface area (Å²) in [5.74, 6) is 3.66. The second-order valence-electron chi connectivity index (χ2n) is 8.23. The molecule has 5 fully saturated rings. The van der Waals surface area contributed by atoms with Gasteiger partial charge in [0, 0.05) is 18.0 Å². The fourth-order valence-corrected chi connectivity index (χ4v) is 6.72. The minimum atomic E-state index is 0.627. The average Bonchev–Trinajstić information content (AvgIpc) is 3.04. The molecule has 2 heterocycles. The van der Waals surface area contributed by atoms with Crippen LogP contribution in [0.25, 0.3) is 0 Å². The summed E-state index contributed by atoms with van der Waals surface area (Å²) in [6, 6.07) is 1.63. The number of rotatable bonds is 0. The molecule has 0 aromatic carbocycles. The van der Waals surface area contributed by atoms with E-state index in [0.717, 1.165) is 35.8 Å². The second kappa shape index (κ2) is 4.71. The van der Waals surface area contributed by atoms with Crippen LogP contribution < -0.4 is 5.32 Å². The predicted molar refractivity (Wildman–Crippen MR) is 79.5 cm³/mol. The van der Waals surface area contributed by atoms with Crippen LogP contribution in [0.4, 0.5) is 0 Å². The molecule has 112 valence electrons. The van der Waals surface area contributed by atoms with Crippen molar-refractivity contribution in [2.75, 3.05) is 0 Å². The first-order valence-electron chi connectivity index (χ1n) is 9.33. The van der Waals surface area contributed by atoms with Gasteiger partial charge in [-0.1, -0.05) is 25.7 Å². The fourth-order valence-electron chi connectivity index (χ4n) is 6.72. The quantitative estimate of drug-likeness (QED) is 0.730. The number of ether oxygens (including phenoxy) is 1. The van der Waals surface area contributed by atoms with Crippen molar-refractivity contribution in [3.8, 4) is 0 Å². The van der Waals surface area contributed by atoms with Crippen LogP contribution in [0, 0.1) is 23.7 Å². The Labute approximate surface area is 123 Å². The maximum absolute atomic E-state index is 6.69. The van der Waals surface area contributed by atoms with Crippen molar-refractivity contribution < 1.29 is 4.74 Å². The molecule has 0 aromatic rings. The Balaban J connectivity index is 1.43. The Morgan fingerprint density at radius 3 is 2.40 bits per heavy atom. The number of fused-ring (bicyclic) bond motifs is 7. The summed E-state index contributed by atoms with van der Waals surface area (Å²) in [7, 11) is 0. The zero-order valence-electron chi connectivity index (χ0n) is 12.6. The highest BCUT2D eigenvalue weighted by Crippen LogP contribution is 2.54. The molecule has 0 amide bonds. The van der Waals surface area contributed by atoms with E-state index >= 15 is 0 Å². The number of hydrogen-bond donors (Lipinski definition) is 1. The largest absolute Gasteiger partial charge is 0.374 e. The van der Waals surface area contributed by atoms with Crippen LogP contribution in [-0.2, 0) is 4.74 Å². The van der Waals surface area contributed by atoms with Gasteiger partial charge in [0.15, 0.2) is 0 Å². The summed E-state index contributed by atoms with van der Waals surface area (Å²) in [5.41, 5.74) is 0. The predicted octanol–water partition coefficient (Wildman–Crippen LogP) is 3.50. The molecule has 3 saturated carbocycles. The standard InChI is InChI=1S/C18H29NO/c1-3-7-14-13(6-1)17-15(19-14)10-9-12-11-5-2-4-8-16(11)20-18(12)17/h11-19H,1-10H2. The van der Waals surface area contributed by atoms with Crippen LogP contribution >= 0.6 is 0 Å². The van der Waals surface area contributed by atoms with Gasteiger partial charge in [0.05, 0.1) is 12.2 Å². The summed E-state index contributed by atoms with van der Waals surface area (Å²) >= 11 is 0. The lowest BCUT2D eigenvalue weighted by Crippen LogP contribution is -2.44. The van der Waals surface area contributed by atoms with Crippen LogP contribution in [0.2, 0.25) is 0 Å². The molecule has 3 aliphatic carbocycles. The Bertz CT molecular complexity index is 384. The van der Waals surface area contributed by atoms with Gasteiger partial charge in [-0.2, -0.15) is 0 Å². The van der Waals surface area contributed by atoms with E-state index in [4.69, 9.17) is 4.74 Å². The maximum Gasteiger partial charge on any atom is 0.0657 e. The van der Waals surface area contributed by atoms with Crippen molar-refractivity contribution in [3.63, 3.8) is 0 Å². The van der Waals surface area contributed by atoms with E-state index in [-0.39, 0.29) is 0 Å². The Kier molecular flexibility index (Phi) is 2.93. The lowest BCUT2D eigenvalue weighted by molar-refractivity contribution is -0.0408. The highest BCUT2D eigenvalue weighted by molar-refractivity contribution is 5.09.